The maximum atomic E-state index is 13.1. The number of hydrogen-bond donors (Lipinski definition) is 4. The molecule has 1 aromatic carbocycles. The van der Waals surface area contributed by atoms with E-state index in [-0.39, 0.29) is 34.7 Å². The lowest BCUT2D eigenvalue weighted by molar-refractivity contribution is -0.146. The van der Waals surface area contributed by atoms with Crippen molar-refractivity contribution in [3.8, 4) is 0 Å². The molecule has 9 nitrogen and oxygen atoms in total. The highest BCUT2D eigenvalue weighted by molar-refractivity contribution is 7.16. The molecule has 3 aromatic rings. The monoisotopic (exact) mass is 437 g/mol. The summed E-state index contributed by atoms with van der Waals surface area (Å²) in [6.45, 7) is 2.55. The van der Waals surface area contributed by atoms with Gasteiger partial charge in [0.05, 0.1) is 44.9 Å². The van der Waals surface area contributed by atoms with Gasteiger partial charge in [0, 0.05) is 12.8 Å². The quantitative estimate of drug-likeness (QED) is 0.365. The first-order valence-electron chi connectivity index (χ1n) is 9.88. The number of aromatic nitrogens is 2. The summed E-state index contributed by atoms with van der Waals surface area (Å²) < 4.78 is 1.08. The number of rotatable bonds is 3. The number of carbonyl (C=O) groups is 2. The average Bonchev–Trinajstić information content (AvgIpc) is 3.23. The molecule has 2 amide bonds. The number of likely N-dealkylation sites (tertiary alicyclic amines) is 1. The smallest absolute Gasteiger partial charge is 0.314 e. The molecule has 1 saturated heterocycles. The second kappa shape index (κ2) is 8.31. The van der Waals surface area contributed by atoms with Crippen LogP contribution in [-0.4, -0.2) is 39.4 Å². The summed E-state index contributed by atoms with van der Waals surface area (Å²) in [5, 5.41) is 9.96. The minimum Gasteiger partial charge on any atom is -0.396 e. The maximum absolute atomic E-state index is 13.1. The van der Waals surface area contributed by atoms with Gasteiger partial charge in [0.1, 0.15) is 5.82 Å². The number of nitrogens with zero attached hydrogens (tertiary/aromatic N) is 3. The van der Waals surface area contributed by atoms with Crippen molar-refractivity contribution >= 4 is 56.8 Å². The molecule has 0 radical (unpaired) electrons. The van der Waals surface area contributed by atoms with Gasteiger partial charge < -0.3 is 27.1 Å². The Bertz CT molecular complexity index is 1180. The highest BCUT2D eigenvalue weighted by atomic mass is 32.1. The Morgan fingerprint density at radius 3 is 2.87 bits per heavy atom. The van der Waals surface area contributed by atoms with Gasteiger partial charge in [-0.3, -0.25) is 9.59 Å². The predicted octanol–water partition coefficient (Wildman–Crippen LogP) is 2.79. The van der Waals surface area contributed by atoms with Crippen LogP contribution in [0.5, 0.6) is 0 Å². The third-order valence-electron chi connectivity index (χ3n) is 5.59. The predicted molar refractivity (Wildman–Crippen MR) is 122 cm³/mol. The number of nitrogens with two attached hydrogens (primary N) is 2. The molecule has 2 atom stereocenters. The van der Waals surface area contributed by atoms with Gasteiger partial charge in [0.2, 0.25) is 0 Å². The number of amides is 2. The van der Waals surface area contributed by atoms with Crippen molar-refractivity contribution in [3.05, 3.63) is 41.0 Å². The van der Waals surface area contributed by atoms with E-state index < -0.39 is 11.8 Å². The van der Waals surface area contributed by atoms with Gasteiger partial charge in [0.25, 0.3) is 0 Å². The second-order valence-corrected chi connectivity index (χ2v) is 8.60. The van der Waals surface area contributed by atoms with Crippen LogP contribution in [0.25, 0.3) is 10.2 Å². The molecule has 4 rings (SSSR count). The zero-order valence-electron chi connectivity index (χ0n) is 17.0. The number of nitrogen functional groups attached to an aromatic ring is 2. The lowest BCUT2D eigenvalue weighted by Gasteiger charge is -2.38. The summed E-state index contributed by atoms with van der Waals surface area (Å²) in [4.78, 5) is 35.9. The van der Waals surface area contributed by atoms with E-state index in [1.54, 1.807) is 21.7 Å². The van der Waals surface area contributed by atoms with Crippen LogP contribution in [0.1, 0.15) is 36.9 Å². The first-order chi connectivity index (χ1) is 14.9. The third kappa shape index (κ3) is 3.93. The summed E-state index contributed by atoms with van der Waals surface area (Å²) in [6.07, 6.45) is 3.98. The van der Waals surface area contributed by atoms with Crippen LogP contribution in [0.2, 0.25) is 0 Å². The SMILES string of the molecule is C[C@H]1CCC(c2ccc3scnc3c2)N(C(=O)C(=O)Nc2cnc(N)c(C=N)c2N)C1. The number of benzene rings is 1. The van der Waals surface area contributed by atoms with Gasteiger partial charge in [-0.25, -0.2) is 9.97 Å². The van der Waals surface area contributed by atoms with Crippen LogP contribution >= 0.6 is 11.3 Å². The lowest BCUT2D eigenvalue weighted by Crippen LogP contribution is -2.46. The average molecular weight is 438 g/mol. The fourth-order valence-corrected chi connectivity index (χ4v) is 4.58. The van der Waals surface area contributed by atoms with Crippen molar-refractivity contribution in [2.45, 2.75) is 25.8 Å². The number of thiazole rings is 1. The Labute approximate surface area is 183 Å². The van der Waals surface area contributed by atoms with Gasteiger partial charge in [-0.2, -0.15) is 0 Å². The van der Waals surface area contributed by atoms with E-state index in [2.05, 4.69) is 22.2 Å². The minimum absolute atomic E-state index is 0.0826. The molecule has 31 heavy (non-hydrogen) atoms. The number of nitrogens with one attached hydrogen (secondary N) is 2. The molecule has 0 spiro atoms. The highest BCUT2D eigenvalue weighted by Crippen LogP contribution is 2.35. The summed E-state index contributed by atoms with van der Waals surface area (Å²) in [7, 11) is 0. The van der Waals surface area contributed by atoms with E-state index in [0.29, 0.717) is 6.54 Å². The van der Waals surface area contributed by atoms with Gasteiger partial charge in [0.15, 0.2) is 0 Å². The molecule has 0 bridgehead atoms. The lowest BCUT2D eigenvalue weighted by atomic mass is 9.89. The Balaban J connectivity index is 1.59. The van der Waals surface area contributed by atoms with E-state index in [0.717, 1.165) is 34.8 Å². The standard InChI is InChI=1S/C21H23N7O2S/c1-11-2-4-16(12-3-5-17-14(6-12)26-10-31-17)28(9-11)21(30)20(29)27-15-8-25-19(24)13(7-22)18(15)23/h3,5-8,10-11,16,22H,2,4,9H2,1H3,(H,27,29)(H4,23,24,25)/t11-,16?/m0/s1. The molecule has 0 saturated carbocycles. The molecule has 1 fully saturated rings. The molecular formula is C21H23N7O2S. The molecule has 160 valence electrons. The van der Waals surface area contributed by atoms with E-state index in [9.17, 15) is 9.59 Å². The molecule has 1 aliphatic rings. The van der Waals surface area contributed by atoms with Crippen molar-refractivity contribution < 1.29 is 9.59 Å². The highest BCUT2D eigenvalue weighted by Gasteiger charge is 2.34. The van der Waals surface area contributed by atoms with Crippen LogP contribution in [0, 0.1) is 11.3 Å². The van der Waals surface area contributed by atoms with Gasteiger partial charge in [-0.1, -0.05) is 13.0 Å². The normalized spacial score (nSPS) is 18.7. The largest absolute Gasteiger partial charge is 0.396 e. The first-order valence-corrected chi connectivity index (χ1v) is 10.8. The Kier molecular flexibility index (Phi) is 5.55. The van der Waals surface area contributed by atoms with E-state index in [1.807, 2.05) is 18.2 Å². The fourth-order valence-electron chi connectivity index (χ4n) is 3.92. The number of hydrogen-bond acceptors (Lipinski definition) is 8. The molecule has 10 heteroatoms. The number of fused-ring (bicyclic) bond motifs is 1. The van der Waals surface area contributed by atoms with Gasteiger partial charge in [-0.15, -0.1) is 11.3 Å². The van der Waals surface area contributed by atoms with Crippen molar-refractivity contribution in [2.24, 2.45) is 5.92 Å². The third-order valence-corrected chi connectivity index (χ3v) is 6.40. The topological polar surface area (TPSA) is 151 Å². The Hall–Kier alpha value is -3.53. The number of piperidine rings is 1. The Morgan fingerprint density at radius 1 is 1.29 bits per heavy atom. The summed E-state index contributed by atoms with van der Waals surface area (Å²) in [6, 6.07) is 5.78. The fraction of sp³-hybridized carbons (Fsp3) is 0.286. The second-order valence-electron chi connectivity index (χ2n) is 7.72. The van der Waals surface area contributed by atoms with Crippen molar-refractivity contribution in [2.75, 3.05) is 23.3 Å². The van der Waals surface area contributed by atoms with Crippen molar-refractivity contribution in [1.29, 1.82) is 5.41 Å². The van der Waals surface area contributed by atoms with Crippen LogP contribution in [-0.2, 0) is 9.59 Å². The molecule has 6 N–H and O–H groups in total. The molecule has 1 unspecified atom stereocenters. The number of carbonyl (C=O) groups excluding carboxylic acids is 2. The van der Waals surface area contributed by atoms with E-state index in [4.69, 9.17) is 16.9 Å². The van der Waals surface area contributed by atoms with Crippen LogP contribution in [0.15, 0.2) is 29.9 Å². The molecule has 3 heterocycles. The van der Waals surface area contributed by atoms with Gasteiger partial charge in [-0.05, 0) is 36.5 Å². The summed E-state index contributed by atoms with van der Waals surface area (Å²) in [5.41, 5.74) is 15.8. The summed E-state index contributed by atoms with van der Waals surface area (Å²) >= 11 is 1.56. The van der Waals surface area contributed by atoms with E-state index in [1.165, 1.54) is 6.20 Å². The molecule has 0 aliphatic carbocycles. The number of anilines is 3. The van der Waals surface area contributed by atoms with Gasteiger partial charge >= 0.3 is 11.8 Å². The maximum Gasteiger partial charge on any atom is 0.314 e. The first kappa shape index (κ1) is 20.7. The van der Waals surface area contributed by atoms with Crippen LogP contribution < -0.4 is 16.8 Å². The van der Waals surface area contributed by atoms with Crippen molar-refractivity contribution in [3.63, 3.8) is 0 Å². The van der Waals surface area contributed by atoms with E-state index >= 15 is 0 Å². The van der Waals surface area contributed by atoms with Crippen molar-refractivity contribution in [1.82, 2.24) is 14.9 Å². The van der Waals surface area contributed by atoms with Crippen LogP contribution in [0.4, 0.5) is 17.2 Å². The summed E-state index contributed by atoms with van der Waals surface area (Å²) in [5.74, 6) is -1.08. The molecule has 2 aromatic heterocycles. The Morgan fingerprint density at radius 2 is 2.10 bits per heavy atom. The molecular weight excluding hydrogens is 414 g/mol. The zero-order valence-corrected chi connectivity index (χ0v) is 17.8. The number of pyridine rings is 1. The molecule has 1 aliphatic heterocycles. The van der Waals surface area contributed by atoms with Crippen LogP contribution in [0.3, 0.4) is 0 Å². The minimum atomic E-state index is -0.803. The zero-order chi connectivity index (χ0) is 22.1.